The molecule has 2 aromatic rings. The number of fused-ring (bicyclic) bond motifs is 1. The number of esters is 1. The lowest BCUT2D eigenvalue weighted by Crippen LogP contribution is -2.31. The molecule has 7 heteroatoms. The van der Waals surface area contributed by atoms with Crippen molar-refractivity contribution in [1.82, 2.24) is 0 Å². The summed E-state index contributed by atoms with van der Waals surface area (Å²) in [4.78, 5) is 54.2. The van der Waals surface area contributed by atoms with Crippen LogP contribution in [0.15, 0.2) is 54.6 Å². The lowest BCUT2D eigenvalue weighted by Gasteiger charge is -2.22. The lowest BCUT2D eigenvalue weighted by atomic mass is 9.78. The van der Waals surface area contributed by atoms with E-state index in [0.29, 0.717) is 17.9 Å². The second kappa shape index (κ2) is 8.80. The summed E-state index contributed by atoms with van der Waals surface area (Å²) < 4.78 is 5.55. The van der Waals surface area contributed by atoms with Gasteiger partial charge in [0.1, 0.15) is 5.75 Å². The number of amides is 3. The van der Waals surface area contributed by atoms with Crippen LogP contribution in [0.5, 0.6) is 5.75 Å². The maximum Gasteiger partial charge on any atom is 0.316 e. The first-order chi connectivity index (χ1) is 16.7. The van der Waals surface area contributed by atoms with Crippen molar-refractivity contribution >= 4 is 35.1 Å². The molecule has 1 aliphatic carbocycles. The highest BCUT2D eigenvalue weighted by Crippen LogP contribution is 2.40. The number of carbonyl (C=O) groups is 4. The van der Waals surface area contributed by atoms with Crippen molar-refractivity contribution in [3.05, 3.63) is 65.7 Å². The van der Waals surface area contributed by atoms with Crippen molar-refractivity contribution in [2.45, 2.75) is 33.6 Å². The highest BCUT2D eigenvalue weighted by Gasteiger charge is 2.50. The fourth-order valence-electron chi connectivity index (χ4n) is 5.37. The molecule has 0 N–H and O–H groups in total. The molecule has 4 atom stereocenters. The van der Waals surface area contributed by atoms with Gasteiger partial charge in [-0.25, -0.2) is 0 Å². The molecule has 0 radical (unpaired) electrons. The molecule has 2 saturated heterocycles. The summed E-state index contributed by atoms with van der Waals surface area (Å²) in [6.07, 6.45) is 4.63. The Morgan fingerprint density at radius 3 is 2.46 bits per heavy atom. The SMILES string of the molecule is Cc1ccc(C)c(N2C[C@H](C(=O)Oc3ccc(N4C(=O)[C@@H]5[C@@H](C)C=CC[C@H]5C4=O)cc3)CC2=O)c1. The van der Waals surface area contributed by atoms with Gasteiger partial charge in [-0.2, -0.15) is 0 Å². The molecule has 2 heterocycles. The molecule has 7 nitrogen and oxygen atoms in total. The molecule has 3 amide bonds. The molecule has 0 bridgehead atoms. The van der Waals surface area contributed by atoms with E-state index in [-0.39, 0.29) is 48.4 Å². The molecule has 2 aromatic carbocycles. The lowest BCUT2D eigenvalue weighted by molar-refractivity contribution is -0.139. The number of anilines is 2. The van der Waals surface area contributed by atoms with Gasteiger partial charge in [0.15, 0.2) is 0 Å². The standard InChI is InChI=1S/C28H28N2O5/c1-16-7-8-17(2)23(13-16)29-15-19(14-24(29)31)28(34)35-21-11-9-20(10-12-21)30-26(32)22-6-4-5-18(3)25(22)27(30)33/h4-5,7-13,18-19,22,25H,6,14-15H2,1-3H3/t18-,19+,22+,25+/m0/s1. The van der Waals surface area contributed by atoms with E-state index in [9.17, 15) is 19.2 Å². The molecule has 180 valence electrons. The average Bonchev–Trinajstić information content (AvgIpc) is 3.34. The Bertz CT molecular complexity index is 1250. The number of hydrogen-bond donors (Lipinski definition) is 0. The summed E-state index contributed by atoms with van der Waals surface area (Å²) in [5.41, 5.74) is 3.31. The van der Waals surface area contributed by atoms with E-state index < -0.39 is 11.9 Å². The Kier molecular flexibility index (Phi) is 5.79. The molecule has 0 saturated carbocycles. The van der Waals surface area contributed by atoms with E-state index >= 15 is 0 Å². The average molecular weight is 473 g/mol. The smallest absolute Gasteiger partial charge is 0.316 e. The number of carbonyl (C=O) groups excluding carboxylic acids is 4. The minimum absolute atomic E-state index is 0.0210. The number of ether oxygens (including phenoxy) is 1. The normalized spacial score (nSPS) is 25.9. The third-order valence-electron chi connectivity index (χ3n) is 7.30. The van der Waals surface area contributed by atoms with Crippen LogP contribution in [0.1, 0.15) is 30.9 Å². The first-order valence-electron chi connectivity index (χ1n) is 12.0. The van der Waals surface area contributed by atoms with Gasteiger partial charge in [-0.05, 0) is 67.6 Å². The van der Waals surface area contributed by atoms with Crippen LogP contribution in [0.2, 0.25) is 0 Å². The zero-order chi connectivity index (χ0) is 24.9. The summed E-state index contributed by atoms with van der Waals surface area (Å²) in [5, 5.41) is 0. The molecule has 3 aliphatic rings. The molecule has 35 heavy (non-hydrogen) atoms. The Balaban J connectivity index is 1.26. The minimum atomic E-state index is -0.569. The van der Waals surface area contributed by atoms with Gasteiger partial charge in [0.05, 0.1) is 23.4 Å². The molecule has 0 unspecified atom stereocenters. The van der Waals surface area contributed by atoms with Gasteiger partial charge >= 0.3 is 5.97 Å². The minimum Gasteiger partial charge on any atom is -0.426 e. The number of imide groups is 1. The number of benzene rings is 2. The van der Waals surface area contributed by atoms with Gasteiger partial charge in [-0.3, -0.25) is 24.1 Å². The van der Waals surface area contributed by atoms with E-state index in [1.807, 2.05) is 51.1 Å². The molecular weight excluding hydrogens is 444 g/mol. The van der Waals surface area contributed by atoms with Crippen molar-refractivity contribution in [3.8, 4) is 5.75 Å². The van der Waals surface area contributed by atoms with Crippen LogP contribution in [0.3, 0.4) is 0 Å². The second-order valence-corrected chi connectivity index (χ2v) is 9.78. The maximum absolute atomic E-state index is 13.0. The largest absolute Gasteiger partial charge is 0.426 e. The van der Waals surface area contributed by atoms with E-state index in [4.69, 9.17) is 4.74 Å². The highest BCUT2D eigenvalue weighted by molar-refractivity contribution is 6.22. The quantitative estimate of drug-likeness (QED) is 0.291. The van der Waals surface area contributed by atoms with Gasteiger partial charge in [-0.15, -0.1) is 0 Å². The van der Waals surface area contributed by atoms with E-state index in [2.05, 4.69) is 0 Å². The third-order valence-corrected chi connectivity index (χ3v) is 7.30. The molecule has 0 aromatic heterocycles. The van der Waals surface area contributed by atoms with Crippen LogP contribution in [-0.2, 0) is 19.2 Å². The first kappa shape index (κ1) is 23.0. The van der Waals surface area contributed by atoms with Crippen molar-refractivity contribution in [1.29, 1.82) is 0 Å². The third kappa shape index (κ3) is 4.05. The molecule has 0 spiro atoms. The van der Waals surface area contributed by atoms with Crippen LogP contribution in [-0.4, -0.2) is 30.2 Å². The Morgan fingerprint density at radius 2 is 1.74 bits per heavy atom. The van der Waals surface area contributed by atoms with Gasteiger partial charge in [0.25, 0.3) is 0 Å². The molecule has 2 fully saturated rings. The molecule has 5 rings (SSSR count). The molecule has 2 aliphatic heterocycles. The van der Waals surface area contributed by atoms with E-state index in [1.54, 1.807) is 29.2 Å². The van der Waals surface area contributed by atoms with Gasteiger partial charge in [0.2, 0.25) is 17.7 Å². The fourth-order valence-corrected chi connectivity index (χ4v) is 5.37. The van der Waals surface area contributed by atoms with Crippen LogP contribution in [0.4, 0.5) is 11.4 Å². The summed E-state index contributed by atoms with van der Waals surface area (Å²) in [7, 11) is 0. The van der Waals surface area contributed by atoms with Crippen LogP contribution >= 0.6 is 0 Å². The van der Waals surface area contributed by atoms with Crippen molar-refractivity contribution in [2.75, 3.05) is 16.3 Å². The van der Waals surface area contributed by atoms with Gasteiger partial charge in [-0.1, -0.05) is 31.2 Å². The number of rotatable bonds is 4. The van der Waals surface area contributed by atoms with Crippen LogP contribution < -0.4 is 14.5 Å². The Morgan fingerprint density at radius 1 is 1.00 bits per heavy atom. The predicted molar refractivity (Wildman–Crippen MR) is 131 cm³/mol. The van der Waals surface area contributed by atoms with Crippen molar-refractivity contribution < 1.29 is 23.9 Å². The predicted octanol–water partition coefficient (Wildman–Crippen LogP) is 3.96. The summed E-state index contributed by atoms with van der Waals surface area (Å²) in [6, 6.07) is 12.3. The molecular formula is C28H28N2O5. The monoisotopic (exact) mass is 472 g/mol. The number of hydrogen-bond acceptors (Lipinski definition) is 5. The maximum atomic E-state index is 13.0. The fraction of sp³-hybridized carbons (Fsp3) is 0.357. The van der Waals surface area contributed by atoms with Crippen molar-refractivity contribution in [3.63, 3.8) is 0 Å². The number of allylic oxidation sites excluding steroid dienone is 2. The van der Waals surface area contributed by atoms with Crippen LogP contribution in [0.25, 0.3) is 0 Å². The van der Waals surface area contributed by atoms with Gasteiger partial charge < -0.3 is 9.64 Å². The van der Waals surface area contributed by atoms with Crippen LogP contribution in [0, 0.1) is 37.5 Å². The first-order valence-corrected chi connectivity index (χ1v) is 12.0. The zero-order valence-corrected chi connectivity index (χ0v) is 20.1. The Labute approximate surface area is 204 Å². The number of nitrogens with zero attached hydrogens (tertiary/aromatic N) is 2. The summed E-state index contributed by atoms with van der Waals surface area (Å²) in [6.45, 7) is 6.14. The summed E-state index contributed by atoms with van der Waals surface area (Å²) in [5.74, 6) is -1.83. The summed E-state index contributed by atoms with van der Waals surface area (Å²) >= 11 is 0. The Hall–Kier alpha value is -3.74. The highest BCUT2D eigenvalue weighted by atomic mass is 16.5. The van der Waals surface area contributed by atoms with Crippen molar-refractivity contribution in [2.24, 2.45) is 23.7 Å². The topological polar surface area (TPSA) is 84.0 Å². The number of aryl methyl sites for hydroxylation is 2. The zero-order valence-electron chi connectivity index (χ0n) is 20.1. The van der Waals surface area contributed by atoms with E-state index in [1.165, 1.54) is 4.90 Å². The van der Waals surface area contributed by atoms with Gasteiger partial charge in [0, 0.05) is 18.7 Å². The van der Waals surface area contributed by atoms with E-state index in [0.717, 1.165) is 16.8 Å². The second-order valence-electron chi connectivity index (χ2n) is 9.78.